The molecule has 4 aliphatic rings. The molecule has 2 saturated heterocycles. The lowest BCUT2D eigenvalue weighted by Crippen LogP contribution is -2.58. The number of fused-ring (bicyclic) bond motifs is 1. The minimum atomic E-state index is -1.17. The number of hydrogen-bond acceptors (Lipinski definition) is 5. The average Bonchev–Trinajstić information content (AvgIpc) is 3.66. The predicted molar refractivity (Wildman–Crippen MR) is 175 cm³/mol. The molecule has 45 heavy (non-hydrogen) atoms. The summed E-state index contributed by atoms with van der Waals surface area (Å²) < 4.78 is 6.57. The van der Waals surface area contributed by atoms with Gasteiger partial charge in [-0.2, -0.15) is 0 Å². The van der Waals surface area contributed by atoms with Gasteiger partial charge < -0.3 is 25.2 Å². The van der Waals surface area contributed by atoms with Crippen LogP contribution in [-0.2, 0) is 25.7 Å². The van der Waals surface area contributed by atoms with Gasteiger partial charge in [0.1, 0.15) is 11.6 Å². The lowest BCUT2D eigenvalue weighted by molar-refractivity contribution is -0.141. The minimum absolute atomic E-state index is 0.0462. The summed E-state index contributed by atoms with van der Waals surface area (Å²) in [7, 11) is 2.02. The van der Waals surface area contributed by atoms with Crippen LogP contribution in [0.3, 0.4) is 0 Å². The first-order valence-corrected chi connectivity index (χ1v) is 16.7. The number of nitrogens with one attached hydrogen (secondary N) is 2. The largest absolute Gasteiger partial charge is 0.359 e. The Morgan fingerprint density at radius 3 is 2.49 bits per heavy atom. The molecule has 3 fully saturated rings. The van der Waals surface area contributed by atoms with Crippen LogP contribution in [0.5, 0.6) is 0 Å². The minimum Gasteiger partial charge on any atom is -0.359 e. The lowest BCUT2D eigenvalue weighted by Gasteiger charge is -2.38. The maximum atomic E-state index is 14.4. The Kier molecular flexibility index (Phi) is 8.90. The van der Waals surface area contributed by atoms with Crippen molar-refractivity contribution in [3.63, 3.8) is 0 Å². The second-order valence-corrected chi connectivity index (χ2v) is 14.1. The summed E-state index contributed by atoms with van der Waals surface area (Å²) in [6, 6.07) is 17.2. The van der Waals surface area contributed by atoms with E-state index in [9.17, 15) is 14.4 Å². The van der Waals surface area contributed by atoms with Crippen LogP contribution < -0.4 is 10.6 Å². The molecule has 3 amide bonds. The molecule has 0 aromatic heterocycles. The highest BCUT2D eigenvalue weighted by Gasteiger charge is 2.72. The van der Waals surface area contributed by atoms with Gasteiger partial charge in [-0.1, -0.05) is 95.2 Å². The van der Waals surface area contributed by atoms with E-state index >= 15 is 0 Å². The summed E-state index contributed by atoms with van der Waals surface area (Å²) in [5, 5.41) is 6.39. The number of ether oxygens (including phenoxy) is 1. The van der Waals surface area contributed by atoms with Gasteiger partial charge in [0, 0.05) is 31.4 Å². The van der Waals surface area contributed by atoms with Gasteiger partial charge >= 0.3 is 0 Å². The Morgan fingerprint density at radius 2 is 1.78 bits per heavy atom. The summed E-state index contributed by atoms with van der Waals surface area (Å²) in [6.07, 6.45) is 6.38. The van der Waals surface area contributed by atoms with Crippen molar-refractivity contribution >= 4 is 23.4 Å². The van der Waals surface area contributed by atoms with Crippen molar-refractivity contribution in [2.24, 2.45) is 23.7 Å². The Labute approximate surface area is 267 Å². The van der Waals surface area contributed by atoms with Crippen LogP contribution in [0.4, 0.5) is 5.69 Å². The normalized spacial score (nSPS) is 31.9. The molecule has 0 radical (unpaired) electrons. The summed E-state index contributed by atoms with van der Waals surface area (Å²) in [5.74, 6) is -0.856. The van der Waals surface area contributed by atoms with Gasteiger partial charge in [0.2, 0.25) is 17.7 Å². The number of amides is 3. The molecule has 0 unspecified atom stereocenters. The molecule has 1 spiro atoms. The Balaban J connectivity index is 1.25. The fourth-order valence-electron chi connectivity index (χ4n) is 7.98. The zero-order valence-electron chi connectivity index (χ0n) is 27.2. The zero-order chi connectivity index (χ0) is 31.9. The standard InChI is InChI=1S/C37H48N4O4/c1-23(2)27-14-16-28(17-15-27)38-34(42)31-30-18-19-37(45-30)32(31)36(44)41(21-20-40(5)22-26-11-7-6-8-12-26)33(37)35(43)39-29-13-9-10-24(3)25(29)4/h6-8,11-12,14-19,23-25,29-33H,9-10,13,20-22H2,1-5H3,(H,38,42)(H,39,43)/t24-,25-,29+,30+,31-,32+,33+,37+/m0/s1. The molecule has 3 heterocycles. The fraction of sp³-hybridized carbons (Fsp3) is 0.541. The van der Waals surface area contributed by atoms with Gasteiger partial charge in [-0.15, -0.1) is 0 Å². The van der Waals surface area contributed by atoms with Gasteiger partial charge in [-0.3, -0.25) is 14.4 Å². The number of nitrogens with zero attached hydrogens (tertiary/aromatic N) is 2. The summed E-state index contributed by atoms with van der Waals surface area (Å²) in [5.41, 5.74) is 1.88. The first-order valence-electron chi connectivity index (χ1n) is 16.7. The summed E-state index contributed by atoms with van der Waals surface area (Å²) >= 11 is 0. The first kappa shape index (κ1) is 31.5. The van der Waals surface area contributed by atoms with Crippen molar-refractivity contribution < 1.29 is 19.1 Å². The van der Waals surface area contributed by atoms with E-state index in [-0.39, 0.29) is 23.8 Å². The molecule has 8 atom stereocenters. The monoisotopic (exact) mass is 612 g/mol. The van der Waals surface area contributed by atoms with Crippen LogP contribution in [-0.4, -0.2) is 71.4 Å². The molecule has 3 aliphatic heterocycles. The van der Waals surface area contributed by atoms with Gasteiger partial charge in [0.05, 0.1) is 17.9 Å². The van der Waals surface area contributed by atoms with Crippen LogP contribution in [0.2, 0.25) is 0 Å². The molecule has 2 bridgehead atoms. The number of anilines is 1. The third-order valence-corrected chi connectivity index (χ3v) is 10.8. The third kappa shape index (κ3) is 5.95. The van der Waals surface area contributed by atoms with E-state index in [1.54, 1.807) is 4.90 Å². The van der Waals surface area contributed by atoms with E-state index < -0.39 is 29.6 Å². The van der Waals surface area contributed by atoms with Crippen molar-refractivity contribution in [1.29, 1.82) is 0 Å². The van der Waals surface area contributed by atoms with Crippen molar-refractivity contribution in [3.05, 3.63) is 77.9 Å². The average molecular weight is 613 g/mol. The van der Waals surface area contributed by atoms with Crippen LogP contribution >= 0.6 is 0 Å². The summed E-state index contributed by atoms with van der Waals surface area (Å²) in [6.45, 7) is 10.4. The van der Waals surface area contributed by atoms with Crippen LogP contribution in [0, 0.1) is 23.7 Å². The van der Waals surface area contributed by atoms with E-state index in [1.807, 2.05) is 61.7 Å². The van der Waals surface area contributed by atoms with Crippen molar-refractivity contribution in [3.8, 4) is 0 Å². The lowest BCUT2D eigenvalue weighted by atomic mass is 9.73. The molecule has 240 valence electrons. The van der Waals surface area contributed by atoms with E-state index in [1.165, 1.54) is 11.1 Å². The van der Waals surface area contributed by atoms with Gasteiger partial charge in [-0.05, 0) is 54.5 Å². The Morgan fingerprint density at radius 1 is 1.04 bits per heavy atom. The summed E-state index contributed by atoms with van der Waals surface area (Å²) in [4.78, 5) is 46.4. The van der Waals surface area contributed by atoms with Crippen LogP contribution in [0.1, 0.15) is 64.0 Å². The smallest absolute Gasteiger partial charge is 0.246 e. The number of likely N-dealkylation sites (N-methyl/N-ethyl adjacent to an activating group) is 1. The molecule has 8 heteroatoms. The topological polar surface area (TPSA) is 91.0 Å². The van der Waals surface area contributed by atoms with Gasteiger partial charge in [0.25, 0.3) is 0 Å². The van der Waals surface area contributed by atoms with Gasteiger partial charge in [0.15, 0.2) is 0 Å². The first-order chi connectivity index (χ1) is 21.6. The molecule has 6 rings (SSSR count). The fourth-order valence-corrected chi connectivity index (χ4v) is 7.98. The molecule has 1 saturated carbocycles. The predicted octanol–water partition coefficient (Wildman–Crippen LogP) is 4.97. The molecule has 2 aromatic rings. The number of benzene rings is 2. The van der Waals surface area contributed by atoms with Gasteiger partial charge in [-0.25, -0.2) is 0 Å². The highest BCUT2D eigenvalue weighted by molar-refractivity contribution is 6.02. The van der Waals surface area contributed by atoms with E-state index in [2.05, 4.69) is 55.4 Å². The Bertz CT molecular complexity index is 1430. The number of rotatable bonds is 10. The number of carbonyl (C=O) groups is 3. The Hall–Kier alpha value is -3.49. The molecule has 8 nitrogen and oxygen atoms in total. The van der Waals surface area contributed by atoms with Crippen molar-refractivity contribution in [2.45, 2.75) is 83.2 Å². The molecular weight excluding hydrogens is 564 g/mol. The number of hydrogen-bond donors (Lipinski definition) is 2. The maximum Gasteiger partial charge on any atom is 0.246 e. The van der Waals surface area contributed by atoms with E-state index in [4.69, 9.17) is 4.74 Å². The molecule has 2 aromatic carbocycles. The highest BCUT2D eigenvalue weighted by Crippen LogP contribution is 2.55. The van der Waals surface area contributed by atoms with Crippen molar-refractivity contribution in [2.75, 3.05) is 25.5 Å². The second-order valence-electron chi connectivity index (χ2n) is 14.1. The molecule has 1 aliphatic carbocycles. The number of carbonyl (C=O) groups excluding carboxylic acids is 3. The quantitative estimate of drug-likeness (QED) is 0.370. The van der Waals surface area contributed by atoms with Crippen LogP contribution in [0.25, 0.3) is 0 Å². The highest BCUT2D eigenvalue weighted by atomic mass is 16.5. The number of likely N-dealkylation sites (tertiary alicyclic amines) is 1. The van der Waals surface area contributed by atoms with E-state index in [0.29, 0.717) is 36.5 Å². The SMILES string of the molecule is CC(C)c1ccc(NC(=O)[C@H]2[C@H]3C=C[C@@]4(O3)[C@H]2C(=O)N(CCN(C)Cc2ccccc2)[C@@H]4C(=O)N[C@@H]2CCC[C@H](C)[C@@H]2C)cc1. The zero-order valence-corrected chi connectivity index (χ0v) is 27.2. The maximum absolute atomic E-state index is 14.4. The molecule has 2 N–H and O–H groups in total. The second kappa shape index (κ2) is 12.7. The third-order valence-electron chi connectivity index (χ3n) is 10.8. The van der Waals surface area contributed by atoms with Crippen molar-refractivity contribution in [1.82, 2.24) is 15.1 Å². The van der Waals surface area contributed by atoms with Crippen LogP contribution in [0.15, 0.2) is 66.7 Å². The molecular formula is C37H48N4O4. The van der Waals surface area contributed by atoms with E-state index in [0.717, 1.165) is 25.8 Å².